The van der Waals surface area contributed by atoms with Crippen molar-refractivity contribution in [3.63, 3.8) is 0 Å². The Morgan fingerprint density at radius 1 is 0.608 bits per heavy atom. The van der Waals surface area contributed by atoms with Crippen LogP contribution in [0.25, 0.3) is 59.3 Å². The maximum atomic E-state index is 5.19. The number of hydrogen-bond donors (Lipinski definition) is 0. The molecule has 6 aromatic carbocycles. The van der Waals surface area contributed by atoms with Crippen LogP contribution in [-0.4, -0.2) is 9.55 Å². The zero-order valence-corrected chi connectivity index (χ0v) is 30.9. The third-order valence-corrected chi connectivity index (χ3v) is 10.7. The van der Waals surface area contributed by atoms with Gasteiger partial charge in [0.1, 0.15) is 10.5 Å². The Balaban J connectivity index is 0.000000213. The van der Waals surface area contributed by atoms with Crippen molar-refractivity contribution in [3.05, 3.63) is 180 Å². The van der Waals surface area contributed by atoms with Gasteiger partial charge in [0.15, 0.2) is 0 Å². The molecule has 1 aliphatic rings. The second-order valence-corrected chi connectivity index (χ2v) is 13.9. The Kier molecular flexibility index (Phi) is 10.1. The van der Waals surface area contributed by atoms with E-state index in [9.17, 15) is 0 Å². The maximum Gasteiger partial charge on any atom is 0.124 e. The second kappa shape index (κ2) is 15.2. The molecule has 1 atom stereocenters. The van der Waals surface area contributed by atoms with Gasteiger partial charge in [-0.2, -0.15) is 0 Å². The van der Waals surface area contributed by atoms with E-state index in [1.807, 2.05) is 13.8 Å². The molecule has 252 valence electrons. The van der Waals surface area contributed by atoms with Gasteiger partial charge in [-0.05, 0) is 72.7 Å². The summed E-state index contributed by atoms with van der Waals surface area (Å²) < 4.78 is 3.75. The second-order valence-electron chi connectivity index (χ2n) is 12.9. The van der Waals surface area contributed by atoms with Gasteiger partial charge < -0.3 is 4.57 Å². The number of aromatic nitrogens is 2. The highest BCUT2D eigenvalue weighted by Gasteiger charge is 2.22. The Hall–Kier alpha value is -5.51. The lowest BCUT2D eigenvalue weighted by molar-refractivity contribution is 0.650. The van der Waals surface area contributed by atoms with E-state index in [0.717, 1.165) is 16.9 Å². The van der Waals surface area contributed by atoms with Gasteiger partial charge in [0.05, 0.1) is 16.3 Å². The lowest BCUT2D eigenvalue weighted by atomic mass is 9.96. The van der Waals surface area contributed by atoms with Crippen molar-refractivity contribution in [3.8, 4) is 21.7 Å². The van der Waals surface area contributed by atoms with Crippen molar-refractivity contribution in [1.82, 2.24) is 9.55 Å². The summed E-state index contributed by atoms with van der Waals surface area (Å²) in [7, 11) is 0. The third kappa shape index (κ3) is 6.82. The summed E-state index contributed by atoms with van der Waals surface area (Å²) in [6.45, 7) is 10.4. The largest absolute Gasteiger partial charge is 0.331 e. The molecule has 8 aromatic rings. The number of para-hydroxylation sites is 1. The topological polar surface area (TPSA) is 17.8 Å². The monoisotopic (exact) mass is 680 g/mol. The van der Waals surface area contributed by atoms with Crippen LogP contribution in [0.5, 0.6) is 0 Å². The summed E-state index contributed by atoms with van der Waals surface area (Å²) in [6.07, 6.45) is 7.99. The fraction of sp³-hybridized carbons (Fsp3) is 0.146. The normalized spacial score (nSPS) is 13.7. The van der Waals surface area contributed by atoms with Crippen LogP contribution in [0.4, 0.5) is 0 Å². The molecule has 0 aliphatic heterocycles. The van der Waals surface area contributed by atoms with Gasteiger partial charge in [0, 0.05) is 21.9 Å². The summed E-state index contributed by atoms with van der Waals surface area (Å²) >= 11 is 1.77. The highest BCUT2D eigenvalue weighted by Crippen LogP contribution is 2.41. The minimum absolute atomic E-state index is 0.249. The van der Waals surface area contributed by atoms with E-state index in [1.165, 1.54) is 71.0 Å². The Morgan fingerprint density at radius 2 is 1.24 bits per heavy atom. The minimum atomic E-state index is 0.249. The first-order valence-electron chi connectivity index (χ1n) is 18.0. The van der Waals surface area contributed by atoms with E-state index in [4.69, 9.17) is 4.98 Å². The van der Waals surface area contributed by atoms with Crippen LogP contribution in [0.2, 0.25) is 0 Å². The molecule has 1 unspecified atom stereocenters. The van der Waals surface area contributed by atoms with E-state index in [-0.39, 0.29) is 6.04 Å². The van der Waals surface area contributed by atoms with E-state index in [1.54, 1.807) is 11.3 Å². The number of thiazole rings is 1. The van der Waals surface area contributed by atoms with Crippen molar-refractivity contribution in [2.45, 2.75) is 47.1 Å². The number of aryl methyl sites for hydroxylation is 3. The molecular weight excluding hydrogens is 637 g/mol. The summed E-state index contributed by atoms with van der Waals surface area (Å²) in [4.78, 5) is 5.19. The number of hydrogen-bond acceptors (Lipinski definition) is 2. The van der Waals surface area contributed by atoms with Gasteiger partial charge in [-0.25, -0.2) is 4.98 Å². The molecule has 2 nitrogen and oxygen atoms in total. The molecule has 0 saturated heterocycles. The fourth-order valence-corrected chi connectivity index (χ4v) is 8.01. The molecule has 0 N–H and O–H groups in total. The van der Waals surface area contributed by atoms with Gasteiger partial charge >= 0.3 is 0 Å². The number of fused-ring (bicyclic) bond motifs is 5. The van der Waals surface area contributed by atoms with Crippen LogP contribution >= 0.6 is 11.3 Å². The summed E-state index contributed by atoms with van der Waals surface area (Å²) in [5, 5.41) is 3.64. The van der Waals surface area contributed by atoms with Gasteiger partial charge in [-0.3, -0.25) is 0 Å². The van der Waals surface area contributed by atoms with Crippen molar-refractivity contribution < 1.29 is 0 Å². The molecule has 0 bridgehead atoms. The first-order chi connectivity index (χ1) is 25.0. The van der Waals surface area contributed by atoms with Gasteiger partial charge in [-0.1, -0.05) is 165 Å². The molecule has 3 heteroatoms. The average Bonchev–Trinajstić information content (AvgIpc) is 3.77. The first-order valence-corrected chi connectivity index (χ1v) is 18.8. The maximum absolute atomic E-state index is 5.19. The average molecular weight is 681 g/mol. The number of allylic oxidation sites excluding steroid dienone is 4. The third-order valence-electron chi connectivity index (χ3n) is 9.62. The molecule has 51 heavy (non-hydrogen) atoms. The Bertz CT molecular complexity index is 2450. The summed E-state index contributed by atoms with van der Waals surface area (Å²) in [5.74, 6) is 0. The molecule has 0 radical (unpaired) electrons. The minimum Gasteiger partial charge on any atom is -0.331 e. The molecule has 2 aromatic heterocycles. The van der Waals surface area contributed by atoms with Crippen molar-refractivity contribution >= 4 is 48.9 Å². The quantitative estimate of drug-likeness (QED) is 0.181. The van der Waals surface area contributed by atoms with Crippen LogP contribution in [0.15, 0.2) is 158 Å². The molecule has 0 amide bonds. The van der Waals surface area contributed by atoms with Crippen LogP contribution < -0.4 is 0 Å². The molecule has 9 rings (SSSR count). The molecular formula is C48H44N2S. The van der Waals surface area contributed by atoms with E-state index in [0.29, 0.717) is 0 Å². The molecule has 0 saturated carbocycles. The highest BCUT2D eigenvalue weighted by molar-refractivity contribution is 7.21. The summed E-state index contributed by atoms with van der Waals surface area (Å²) in [6, 6.07) is 49.9. The van der Waals surface area contributed by atoms with E-state index < -0.39 is 0 Å². The van der Waals surface area contributed by atoms with Crippen molar-refractivity contribution in [2.24, 2.45) is 0 Å². The Morgan fingerprint density at radius 3 is 1.88 bits per heavy atom. The van der Waals surface area contributed by atoms with Crippen LogP contribution in [-0.2, 0) is 0 Å². The first kappa shape index (κ1) is 34.0. The van der Waals surface area contributed by atoms with Crippen LogP contribution in [0.1, 0.15) is 48.6 Å². The SMILES string of the molecule is CC.Cc1ccc(C2=CCC(n3c4ccccc4c4ccc5sc(-c6ccccc6)nc5c43)C=C2)cc1.Cc1ccccc1-c1ccccc1C. The van der Waals surface area contributed by atoms with Crippen LogP contribution in [0, 0.1) is 20.8 Å². The van der Waals surface area contributed by atoms with Gasteiger partial charge in [-0.15, -0.1) is 11.3 Å². The van der Waals surface area contributed by atoms with Gasteiger partial charge in [0.25, 0.3) is 0 Å². The van der Waals surface area contributed by atoms with Gasteiger partial charge in [0.2, 0.25) is 0 Å². The fourth-order valence-electron chi connectivity index (χ4n) is 7.03. The van der Waals surface area contributed by atoms with Crippen LogP contribution in [0.3, 0.4) is 0 Å². The smallest absolute Gasteiger partial charge is 0.124 e. The lowest BCUT2D eigenvalue weighted by Gasteiger charge is -2.21. The highest BCUT2D eigenvalue weighted by atomic mass is 32.1. The molecule has 0 spiro atoms. The Labute approximate surface area is 306 Å². The molecule has 1 aliphatic carbocycles. The number of rotatable bonds is 4. The standard InChI is InChI=1S/C32H24N2S.C14H14.C2H6/c1-21-11-13-22(14-12-21)23-15-17-25(18-16-23)34-28-10-6-5-9-26(28)27-19-20-29-30(31(27)34)33-32(35-29)24-7-3-2-4-8-24;1-11-7-3-5-9-13(11)14-10-6-4-8-12(14)2;1-2/h2-17,19-20,25H,18H2,1H3;3-10H,1-2H3;1-2H3. The molecule has 2 heterocycles. The van der Waals surface area contributed by atoms with E-state index >= 15 is 0 Å². The van der Waals surface area contributed by atoms with Crippen molar-refractivity contribution in [2.75, 3.05) is 0 Å². The van der Waals surface area contributed by atoms with E-state index in [2.05, 4.69) is 183 Å². The zero-order valence-electron chi connectivity index (χ0n) is 30.1. The predicted octanol–water partition coefficient (Wildman–Crippen LogP) is 14.0. The van der Waals surface area contributed by atoms with Crippen molar-refractivity contribution in [1.29, 1.82) is 0 Å². The lowest BCUT2D eigenvalue weighted by Crippen LogP contribution is -2.08. The zero-order chi connectivity index (χ0) is 35.3. The molecule has 0 fully saturated rings. The summed E-state index contributed by atoms with van der Waals surface area (Å²) in [5.41, 5.74) is 14.0. The number of benzene rings is 6. The predicted molar refractivity (Wildman–Crippen MR) is 223 cm³/mol. The number of nitrogens with zero attached hydrogens (tertiary/aromatic N) is 2.